The van der Waals surface area contributed by atoms with E-state index < -0.39 is 22.5 Å². The lowest BCUT2D eigenvalue weighted by Crippen LogP contribution is -2.39. The number of aromatic nitrogens is 1. The molecule has 0 bridgehead atoms. The maximum Gasteiger partial charge on any atom is 0.338 e. The van der Waals surface area contributed by atoms with E-state index in [4.69, 9.17) is 9.15 Å². The third-order valence-corrected chi connectivity index (χ3v) is 7.32. The summed E-state index contributed by atoms with van der Waals surface area (Å²) in [5.41, 5.74) is 1.74. The van der Waals surface area contributed by atoms with E-state index in [0.717, 1.165) is 16.9 Å². The minimum Gasteiger partial charge on any atom is -0.507 e. The molecule has 2 aromatic heterocycles. The molecule has 0 aliphatic carbocycles. The third-order valence-electron chi connectivity index (χ3n) is 6.33. The summed E-state index contributed by atoms with van der Waals surface area (Å²) in [6, 6.07) is 13.4. The van der Waals surface area contributed by atoms with Gasteiger partial charge in [-0.15, -0.1) is 0 Å². The van der Waals surface area contributed by atoms with Gasteiger partial charge < -0.3 is 14.3 Å². The van der Waals surface area contributed by atoms with Crippen molar-refractivity contribution in [3.05, 3.63) is 113 Å². The molecule has 0 saturated carbocycles. The number of aromatic hydroxyl groups is 1. The predicted molar refractivity (Wildman–Crippen MR) is 144 cm³/mol. The number of phenols is 1. The zero-order valence-electron chi connectivity index (χ0n) is 21.2. The molecule has 1 aliphatic rings. The average molecular weight is 546 g/mol. The van der Waals surface area contributed by atoms with Crippen LogP contribution < -0.4 is 14.9 Å². The highest BCUT2D eigenvalue weighted by Gasteiger charge is 2.35. The Morgan fingerprint density at radius 3 is 2.72 bits per heavy atom. The minimum atomic E-state index is -0.987. The fourth-order valence-electron chi connectivity index (χ4n) is 4.45. The van der Waals surface area contributed by atoms with Gasteiger partial charge in [-0.3, -0.25) is 19.5 Å². The van der Waals surface area contributed by atoms with Crippen LogP contribution in [-0.4, -0.2) is 27.2 Å². The number of benzene rings is 2. The van der Waals surface area contributed by atoms with Crippen LogP contribution in [0, 0.1) is 17.0 Å². The van der Waals surface area contributed by atoms with Crippen molar-refractivity contribution in [2.24, 2.45) is 4.99 Å². The van der Waals surface area contributed by atoms with Gasteiger partial charge in [-0.25, -0.2) is 9.79 Å². The van der Waals surface area contributed by atoms with Crippen LogP contribution in [-0.2, 0) is 9.53 Å². The number of aryl methyl sites for hydroxylation is 1. The number of ether oxygens (including phenoxy) is 1. The van der Waals surface area contributed by atoms with Gasteiger partial charge in [0.25, 0.3) is 11.2 Å². The molecule has 4 aromatic rings. The molecule has 0 radical (unpaired) electrons. The first-order valence-electron chi connectivity index (χ1n) is 12.0. The second kappa shape index (κ2) is 10.2. The number of hydrogen-bond donors (Lipinski definition) is 1. The molecular weight excluding hydrogens is 522 g/mol. The zero-order valence-corrected chi connectivity index (χ0v) is 22.0. The van der Waals surface area contributed by atoms with Crippen molar-refractivity contribution in [3.63, 3.8) is 0 Å². The van der Waals surface area contributed by atoms with Gasteiger partial charge in [0.05, 0.1) is 27.3 Å². The molecule has 10 nitrogen and oxygen atoms in total. The number of nitro groups is 1. The van der Waals surface area contributed by atoms with Crippen LogP contribution in [0.2, 0.25) is 0 Å². The van der Waals surface area contributed by atoms with Crippen LogP contribution in [0.15, 0.2) is 80.1 Å². The Balaban J connectivity index is 1.71. The number of phenolic OH excluding ortho intramolecular Hbond substituents is 1. The molecule has 0 spiro atoms. The van der Waals surface area contributed by atoms with E-state index in [1.807, 2.05) is 0 Å². The Morgan fingerprint density at radius 1 is 1.23 bits per heavy atom. The fraction of sp³-hybridized carbons (Fsp3) is 0.179. The maximum atomic E-state index is 13.7. The van der Waals surface area contributed by atoms with Gasteiger partial charge in [-0.05, 0) is 50.6 Å². The number of non-ortho nitro benzene ring substituents is 1. The first-order chi connectivity index (χ1) is 18.7. The molecule has 0 unspecified atom stereocenters. The summed E-state index contributed by atoms with van der Waals surface area (Å²) in [6.07, 6.45) is 1.57. The summed E-state index contributed by atoms with van der Waals surface area (Å²) in [4.78, 5) is 42.5. The molecule has 0 saturated heterocycles. The summed E-state index contributed by atoms with van der Waals surface area (Å²) in [6.45, 7) is 5.27. The van der Waals surface area contributed by atoms with Crippen LogP contribution in [0.3, 0.4) is 0 Å². The molecule has 11 heteroatoms. The molecule has 5 rings (SSSR count). The Hall–Kier alpha value is -4.77. The van der Waals surface area contributed by atoms with E-state index >= 15 is 0 Å². The largest absolute Gasteiger partial charge is 0.507 e. The topological polar surface area (TPSA) is 137 Å². The van der Waals surface area contributed by atoms with Gasteiger partial charge in [0.2, 0.25) is 0 Å². The van der Waals surface area contributed by atoms with Crippen LogP contribution in [0.4, 0.5) is 5.69 Å². The fourth-order valence-corrected chi connectivity index (χ4v) is 5.48. The molecule has 1 N–H and O–H groups in total. The zero-order chi connectivity index (χ0) is 27.8. The number of nitrogens with zero attached hydrogens (tertiary/aromatic N) is 3. The Bertz CT molecular complexity index is 1840. The lowest BCUT2D eigenvalue weighted by Gasteiger charge is -2.22. The summed E-state index contributed by atoms with van der Waals surface area (Å²) >= 11 is 1.12. The van der Waals surface area contributed by atoms with Crippen molar-refractivity contribution in [1.29, 1.82) is 0 Å². The van der Waals surface area contributed by atoms with E-state index in [9.17, 15) is 24.8 Å². The molecule has 1 aliphatic heterocycles. The Labute approximate surface area is 225 Å². The number of allylic oxidation sites excluding steroid dienone is 1. The van der Waals surface area contributed by atoms with Gasteiger partial charge in [-0.1, -0.05) is 35.6 Å². The average Bonchev–Trinajstić information content (AvgIpc) is 3.50. The van der Waals surface area contributed by atoms with Crippen molar-refractivity contribution in [1.82, 2.24) is 4.57 Å². The lowest BCUT2D eigenvalue weighted by molar-refractivity contribution is -0.384. The quantitative estimate of drug-likeness (QED) is 0.220. The van der Waals surface area contributed by atoms with Crippen molar-refractivity contribution >= 4 is 29.1 Å². The highest BCUT2D eigenvalue weighted by atomic mass is 32.1. The monoisotopic (exact) mass is 545 g/mol. The molecule has 3 heterocycles. The summed E-state index contributed by atoms with van der Waals surface area (Å²) in [5, 5.41) is 21.6. The number of rotatable bonds is 6. The molecule has 2 aromatic carbocycles. The third kappa shape index (κ3) is 4.68. The van der Waals surface area contributed by atoms with E-state index in [1.54, 1.807) is 63.2 Å². The standard InChI is InChI=1S/C28H23N3O7S/c1-4-37-27(34)24-16(3)29-28-30(26(33)23(39-28)13-17-7-5-6-8-20(17)32)25(24)22-12-11-21(38-22)19-14-18(31(35)36)10-9-15(19)2/h5-14,25,32H,4H2,1-3H3/b23-13-/t25-/m0/s1. The summed E-state index contributed by atoms with van der Waals surface area (Å²) < 4.78 is 13.2. The number of furan rings is 1. The van der Waals surface area contributed by atoms with Gasteiger partial charge in [0.1, 0.15) is 23.3 Å². The van der Waals surface area contributed by atoms with Crippen LogP contribution >= 0.6 is 11.3 Å². The summed E-state index contributed by atoms with van der Waals surface area (Å²) in [7, 11) is 0. The number of nitro benzene ring substituents is 1. The SMILES string of the molecule is CCOC(=O)C1=C(C)N=c2s/c(=C\c3ccccc3O)c(=O)n2[C@H]1c1ccc(-c2cc([N+](=O)[O-])ccc2C)o1. The number of carbonyl (C=O) groups excluding carboxylic acids is 1. The van der Waals surface area contributed by atoms with Gasteiger partial charge in [0, 0.05) is 23.3 Å². The molecular formula is C28H23N3O7S. The smallest absolute Gasteiger partial charge is 0.338 e. The number of fused-ring (bicyclic) bond motifs is 1. The second-order valence-electron chi connectivity index (χ2n) is 8.82. The highest BCUT2D eigenvalue weighted by molar-refractivity contribution is 7.07. The van der Waals surface area contributed by atoms with Crippen LogP contribution in [0.5, 0.6) is 5.75 Å². The second-order valence-corrected chi connectivity index (χ2v) is 9.83. The van der Waals surface area contributed by atoms with E-state index in [0.29, 0.717) is 31.9 Å². The molecule has 39 heavy (non-hydrogen) atoms. The molecule has 1 atom stereocenters. The first kappa shape index (κ1) is 25.9. The number of para-hydroxylation sites is 1. The van der Waals surface area contributed by atoms with Gasteiger partial charge in [-0.2, -0.15) is 0 Å². The highest BCUT2D eigenvalue weighted by Crippen LogP contribution is 2.36. The van der Waals surface area contributed by atoms with Gasteiger partial charge >= 0.3 is 5.97 Å². The van der Waals surface area contributed by atoms with E-state index in [2.05, 4.69) is 4.99 Å². The Kier molecular flexibility index (Phi) is 6.75. The van der Waals surface area contributed by atoms with Crippen LogP contribution in [0.1, 0.15) is 36.8 Å². The number of thiazole rings is 1. The molecule has 198 valence electrons. The van der Waals surface area contributed by atoms with Crippen LogP contribution in [0.25, 0.3) is 17.4 Å². The first-order valence-corrected chi connectivity index (χ1v) is 12.8. The van der Waals surface area contributed by atoms with Crippen molar-refractivity contribution in [3.8, 4) is 17.1 Å². The normalized spacial score (nSPS) is 15.2. The maximum absolute atomic E-state index is 13.7. The van der Waals surface area contributed by atoms with Crippen molar-refractivity contribution in [2.45, 2.75) is 26.8 Å². The van der Waals surface area contributed by atoms with Gasteiger partial charge in [0.15, 0.2) is 4.80 Å². The minimum absolute atomic E-state index is 0.0197. The Morgan fingerprint density at radius 2 is 2.00 bits per heavy atom. The molecule has 0 amide bonds. The van der Waals surface area contributed by atoms with Crippen molar-refractivity contribution < 1.29 is 24.0 Å². The predicted octanol–water partition coefficient (Wildman–Crippen LogP) is 3.98. The number of carbonyl (C=O) groups is 1. The summed E-state index contributed by atoms with van der Waals surface area (Å²) in [5.74, 6) is -0.00152. The lowest BCUT2D eigenvalue weighted by atomic mass is 10.0. The number of esters is 1. The number of hydrogen-bond acceptors (Lipinski definition) is 9. The molecule has 0 fully saturated rings. The van der Waals surface area contributed by atoms with E-state index in [-0.39, 0.29) is 29.4 Å². The van der Waals surface area contributed by atoms with E-state index in [1.165, 1.54) is 22.8 Å². The van der Waals surface area contributed by atoms with Crippen molar-refractivity contribution in [2.75, 3.05) is 6.61 Å².